The first-order valence-electron chi connectivity index (χ1n) is 8.63. The molecule has 1 amide bonds. The van der Waals surface area contributed by atoms with Crippen molar-refractivity contribution in [3.05, 3.63) is 75.3 Å². The molecule has 3 aromatic rings. The molecule has 6 nitrogen and oxygen atoms in total. The van der Waals surface area contributed by atoms with Crippen molar-refractivity contribution in [3.63, 3.8) is 0 Å². The first kappa shape index (κ1) is 21.2. The Bertz CT molecular complexity index is 1040. The van der Waals surface area contributed by atoms with Gasteiger partial charge in [0.2, 0.25) is 5.82 Å². The summed E-state index contributed by atoms with van der Waals surface area (Å²) in [6, 6.07) is 7.97. The number of aliphatic hydroxyl groups is 1. The molecule has 0 saturated carbocycles. The Labute approximate surface area is 175 Å². The number of halogens is 4. The van der Waals surface area contributed by atoms with Crippen molar-refractivity contribution in [2.75, 3.05) is 6.54 Å². The Balaban J connectivity index is 1.78. The van der Waals surface area contributed by atoms with Gasteiger partial charge in [0, 0.05) is 13.0 Å². The van der Waals surface area contributed by atoms with E-state index < -0.39 is 23.6 Å². The van der Waals surface area contributed by atoms with Gasteiger partial charge in [0.25, 0.3) is 5.91 Å². The lowest BCUT2D eigenvalue weighted by molar-refractivity contribution is 0.0906. The van der Waals surface area contributed by atoms with Crippen molar-refractivity contribution in [2.24, 2.45) is 0 Å². The standard InChI is InChI=1S/C19H16Cl2F2N4O2/c1-2-16-25-18(26-27(16)17-11(20)4-3-5-12(17)21)19(29)24-9-15(28)10-6-7-13(22)14(23)8-10/h3-8,15,28H,2,9H2,1H3,(H,24,29). The van der Waals surface area contributed by atoms with Crippen molar-refractivity contribution in [1.82, 2.24) is 20.1 Å². The number of carbonyl (C=O) groups is 1. The average Bonchev–Trinajstić information content (AvgIpc) is 3.12. The molecule has 2 aromatic carbocycles. The first-order valence-corrected chi connectivity index (χ1v) is 9.39. The maximum Gasteiger partial charge on any atom is 0.291 e. The van der Waals surface area contributed by atoms with Crippen LogP contribution in [-0.4, -0.2) is 32.3 Å². The summed E-state index contributed by atoms with van der Waals surface area (Å²) in [5.74, 6) is -2.44. The Morgan fingerprint density at radius 1 is 1.21 bits per heavy atom. The average molecular weight is 441 g/mol. The van der Waals surface area contributed by atoms with E-state index in [1.54, 1.807) is 18.2 Å². The highest BCUT2D eigenvalue weighted by atomic mass is 35.5. The van der Waals surface area contributed by atoms with E-state index in [4.69, 9.17) is 23.2 Å². The van der Waals surface area contributed by atoms with Gasteiger partial charge in [-0.1, -0.05) is 42.3 Å². The van der Waals surface area contributed by atoms with Gasteiger partial charge in [0.15, 0.2) is 11.6 Å². The Kier molecular flexibility index (Phi) is 6.46. The summed E-state index contributed by atoms with van der Waals surface area (Å²) in [6.45, 7) is 1.59. The van der Waals surface area contributed by atoms with E-state index in [0.29, 0.717) is 28.0 Å². The number of aromatic nitrogens is 3. The number of benzene rings is 2. The fourth-order valence-electron chi connectivity index (χ4n) is 2.65. The van der Waals surface area contributed by atoms with E-state index in [0.717, 1.165) is 12.1 Å². The van der Waals surface area contributed by atoms with Gasteiger partial charge >= 0.3 is 0 Å². The van der Waals surface area contributed by atoms with Gasteiger partial charge in [-0.25, -0.2) is 18.4 Å². The van der Waals surface area contributed by atoms with Crippen LogP contribution in [0.15, 0.2) is 36.4 Å². The van der Waals surface area contributed by atoms with E-state index in [2.05, 4.69) is 15.4 Å². The third kappa shape index (κ3) is 4.55. The summed E-state index contributed by atoms with van der Waals surface area (Å²) in [4.78, 5) is 16.6. The van der Waals surface area contributed by atoms with Gasteiger partial charge < -0.3 is 10.4 Å². The number of hydrogen-bond donors (Lipinski definition) is 2. The molecule has 0 spiro atoms. The van der Waals surface area contributed by atoms with Gasteiger partial charge in [0.05, 0.1) is 16.1 Å². The first-order chi connectivity index (χ1) is 13.8. The minimum Gasteiger partial charge on any atom is -0.387 e. The van der Waals surface area contributed by atoms with E-state index in [9.17, 15) is 18.7 Å². The molecule has 0 fully saturated rings. The summed E-state index contributed by atoms with van der Waals surface area (Å²) in [5.41, 5.74) is 0.529. The molecule has 1 heterocycles. The van der Waals surface area contributed by atoms with Crippen LogP contribution in [0, 0.1) is 11.6 Å². The molecule has 29 heavy (non-hydrogen) atoms. The highest BCUT2D eigenvalue weighted by Crippen LogP contribution is 2.28. The largest absolute Gasteiger partial charge is 0.387 e. The van der Waals surface area contributed by atoms with E-state index in [1.165, 1.54) is 10.7 Å². The van der Waals surface area contributed by atoms with Gasteiger partial charge in [-0.3, -0.25) is 4.79 Å². The molecule has 152 valence electrons. The minimum atomic E-state index is -1.24. The lowest BCUT2D eigenvalue weighted by atomic mass is 10.1. The van der Waals surface area contributed by atoms with Crippen molar-refractivity contribution < 1.29 is 18.7 Å². The molecule has 2 N–H and O–H groups in total. The van der Waals surface area contributed by atoms with E-state index in [-0.39, 0.29) is 17.9 Å². The molecule has 1 aromatic heterocycles. The Hall–Kier alpha value is -2.55. The number of nitrogens with zero attached hydrogens (tertiary/aromatic N) is 3. The lowest BCUT2D eigenvalue weighted by Gasteiger charge is -2.11. The Morgan fingerprint density at radius 2 is 1.90 bits per heavy atom. The second-order valence-corrected chi connectivity index (χ2v) is 6.90. The zero-order chi connectivity index (χ0) is 21.1. The quantitative estimate of drug-likeness (QED) is 0.609. The summed E-state index contributed by atoms with van der Waals surface area (Å²) >= 11 is 12.4. The molecule has 0 saturated heterocycles. The molecule has 1 unspecified atom stereocenters. The van der Waals surface area contributed by atoms with Crippen LogP contribution in [0.2, 0.25) is 10.0 Å². The van der Waals surface area contributed by atoms with Gasteiger partial charge in [-0.2, -0.15) is 0 Å². The minimum absolute atomic E-state index is 0.125. The smallest absolute Gasteiger partial charge is 0.291 e. The third-order valence-electron chi connectivity index (χ3n) is 4.13. The van der Waals surface area contributed by atoms with E-state index in [1.807, 2.05) is 6.92 Å². The number of carbonyl (C=O) groups excluding carboxylic acids is 1. The van der Waals surface area contributed by atoms with Crippen LogP contribution in [0.25, 0.3) is 5.69 Å². The normalized spacial score (nSPS) is 12.1. The molecule has 1 atom stereocenters. The number of aliphatic hydroxyl groups excluding tert-OH is 1. The summed E-state index contributed by atoms with van der Waals surface area (Å²) in [5, 5.41) is 17.4. The monoisotopic (exact) mass is 440 g/mol. The Morgan fingerprint density at radius 3 is 2.52 bits per heavy atom. The number of nitrogens with one attached hydrogen (secondary N) is 1. The van der Waals surface area contributed by atoms with Crippen molar-refractivity contribution in [2.45, 2.75) is 19.4 Å². The van der Waals surface area contributed by atoms with Crippen LogP contribution in [0.1, 0.15) is 35.0 Å². The predicted molar refractivity (Wildman–Crippen MR) is 104 cm³/mol. The van der Waals surface area contributed by atoms with E-state index >= 15 is 0 Å². The van der Waals surface area contributed by atoms with Crippen LogP contribution in [0.5, 0.6) is 0 Å². The zero-order valence-corrected chi connectivity index (χ0v) is 16.7. The number of para-hydroxylation sites is 1. The third-order valence-corrected chi connectivity index (χ3v) is 4.74. The number of aryl methyl sites for hydroxylation is 1. The lowest BCUT2D eigenvalue weighted by Crippen LogP contribution is -2.29. The maximum atomic E-state index is 13.3. The van der Waals surface area contributed by atoms with Gasteiger partial charge in [-0.15, -0.1) is 5.10 Å². The maximum absolute atomic E-state index is 13.3. The topological polar surface area (TPSA) is 80.0 Å². The van der Waals surface area contributed by atoms with Crippen molar-refractivity contribution in [3.8, 4) is 5.69 Å². The number of rotatable bonds is 6. The molecule has 0 bridgehead atoms. The summed E-state index contributed by atoms with van der Waals surface area (Å²) in [6.07, 6.45) is -0.779. The molecule has 0 aliphatic rings. The SMILES string of the molecule is CCc1nc(C(=O)NCC(O)c2ccc(F)c(F)c2)nn1-c1c(Cl)cccc1Cl. The number of amides is 1. The molecule has 10 heteroatoms. The van der Waals surface area contributed by atoms with Gasteiger partial charge in [0.1, 0.15) is 11.5 Å². The molecular weight excluding hydrogens is 425 g/mol. The highest BCUT2D eigenvalue weighted by Gasteiger charge is 2.20. The van der Waals surface area contributed by atoms with Crippen LogP contribution in [-0.2, 0) is 6.42 Å². The van der Waals surface area contributed by atoms with Crippen LogP contribution in [0.4, 0.5) is 8.78 Å². The summed E-state index contributed by atoms with van der Waals surface area (Å²) in [7, 11) is 0. The zero-order valence-electron chi connectivity index (χ0n) is 15.2. The molecule has 0 aliphatic heterocycles. The van der Waals surface area contributed by atoms with Crippen LogP contribution in [0.3, 0.4) is 0 Å². The summed E-state index contributed by atoms with van der Waals surface area (Å²) < 4.78 is 27.7. The van der Waals surface area contributed by atoms with Crippen LogP contribution >= 0.6 is 23.2 Å². The molecule has 0 aliphatic carbocycles. The van der Waals surface area contributed by atoms with Crippen LogP contribution < -0.4 is 5.32 Å². The molecule has 3 rings (SSSR count). The molecular formula is C19H16Cl2F2N4O2. The van der Waals surface area contributed by atoms with Crippen molar-refractivity contribution in [1.29, 1.82) is 0 Å². The fraction of sp³-hybridized carbons (Fsp3) is 0.211. The predicted octanol–water partition coefficient (Wildman–Crippen LogP) is 3.88. The molecule has 0 radical (unpaired) electrons. The van der Waals surface area contributed by atoms with Crippen molar-refractivity contribution >= 4 is 29.1 Å². The van der Waals surface area contributed by atoms with Gasteiger partial charge in [-0.05, 0) is 29.8 Å². The fourth-order valence-corrected chi connectivity index (χ4v) is 3.20. The second kappa shape index (κ2) is 8.86. The number of hydrogen-bond acceptors (Lipinski definition) is 4. The highest BCUT2D eigenvalue weighted by molar-refractivity contribution is 6.37. The second-order valence-electron chi connectivity index (χ2n) is 6.09.